The summed E-state index contributed by atoms with van der Waals surface area (Å²) in [6.45, 7) is 3.43. The van der Waals surface area contributed by atoms with Crippen LogP contribution in [-0.4, -0.2) is 48.6 Å². The van der Waals surface area contributed by atoms with Crippen molar-refractivity contribution in [3.05, 3.63) is 46.4 Å². The number of hydrogen-bond acceptors (Lipinski definition) is 6. The van der Waals surface area contributed by atoms with Crippen molar-refractivity contribution in [2.24, 2.45) is 0 Å². The van der Waals surface area contributed by atoms with Gasteiger partial charge in [-0.2, -0.15) is 0 Å². The van der Waals surface area contributed by atoms with Crippen LogP contribution in [0.15, 0.2) is 36.4 Å². The van der Waals surface area contributed by atoms with Crippen molar-refractivity contribution < 1.29 is 14.3 Å². The average molecular weight is 458 g/mol. The molecule has 0 aliphatic carbocycles. The van der Waals surface area contributed by atoms with E-state index in [9.17, 15) is 4.79 Å². The van der Waals surface area contributed by atoms with E-state index in [-0.39, 0.29) is 5.91 Å². The third-order valence-corrected chi connectivity index (χ3v) is 7.14. The standard InChI is InChI=1S/C23H24ClN3O3S/c24-16-2-5-21-18(12-16)26-23(31-21)15-6-8-27(9-7-15)14-22(28)25-17-3-4-19-20(13-17)30-11-1-10-29-19/h2-5,12-13,15H,1,6-11,14H2,(H,25,28). The molecule has 0 unspecified atom stereocenters. The van der Waals surface area contributed by atoms with E-state index < -0.39 is 0 Å². The van der Waals surface area contributed by atoms with Gasteiger partial charge in [0.1, 0.15) is 0 Å². The van der Waals surface area contributed by atoms with Crippen LogP contribution < -0.4 is 14.8 Å². The van der Waals surface area contributed by atoms with Gasteiger partial charge < -0.3 is 14.8 Å². The summed E-state index contributed by atoms with van der Waals surface area (Å²) < 4.78 is 12.5. The first-order chi connectivity index (χ1) is 15.1. The summed E-state index contributed by atoms with van der Waals surface area (Å²) in [6, 6.07) is 11.4. The van der Waals surface area contributed by atoms with Gasteiger partial charge in [0, 0.05) is 29.1 Å². The first-order valence-corrected chi connectivity index (χ1v) is 11.8. The van der Waals surface area contributed by atoms with E-state index in [1.165, 1.54) is 9.71 Å². The number of fused-ring (bicyclic) bond motifs is 2. The first kappa shape index (κ1) is 20.5. The summed E-state index contributed by atoms with van der Waals surface area (Å²) in [6.07, 6.45) is 2.87. The van der Waals surface area contributed by atoms with Crippen molar-refractivity contribution in [3.63, 3.8) is 0 Å². The molecule has 1 N–H and O–H groups in total. The number of ether oxygens (including phenoxy) is 2. The van der Waals surface area contributed by atoms with E-state index >= 15 is 0 Å². The minimum Gasteiger partial charge on any atom is -0.490 e. The summed E-state index contributed by atoms with van der Waals surface area (Å²) in [7, 11) is 0. The maximum absolute atomic E-state index is 12.6. The molecule has 1 saturated heterocycles. The van der Waals surface area contributed by atoms with Crippen LogP contribution in [0.4, 0.5) is 5.69 Å². The molecular weight excluding hydrogens is 434 g/mol. The molecule has 0 atom stereocenters. The maximum Gasteiger partial charge on any atom is 0.238 e. The second kappa shape index (κ2) is 9.02. The van der Waals surface area contributed by atoms with E-state index in [1.807, 2.05) is 36.4 Å². The number of piperidine rings is 1. The zero-order valence-electron chi connectivity index (χ0n) is 17.1. The van der Waals surface area contributed by atoms with Crippen LogP contribution in [0.2, 0.25) is 5.02 Å². The SMILES string of the molecule is O=C(CN1CCC(c2nc3cc(Cl)ccc3s2)CC1)Nc1ccc2c(c1)OCCCO2. The predicted octanol–water partition coefficient (Wildman–Crippen LogP) is 4.93. The first-order valence-electron chi connectivity index (χ1n) is 10.6. The quantitative estimate of drug-likeness (QED) is 0.601. The molecule has 0 radical (unpaired) electrons. The lowest BCUT2D eigenvalue weighted by molar-refractivity contribution is -0.117. The Bertz CT molecular complexity index is 1090. The molecule has 1 amide bonds. The molecule has 2 aliphatic rings. The van der Waals surface area contributed by atoms with Crippen LogP contribution in [0.1, 0.15) is 30.2 Å². The molecule has 3 heterocycles. The Labute approximate surface area is 190 Å². The van der Waals surface area contributed by atoms with Crippen LogP contribution in [0.3, 0.4) is 0 Å². The van der Waals surface area contributed by atoms with E-state index in [0.29, 0.717) is 31.4 Å². The van der Waals surface area contributed by atoms with Crippen molar-refractivity contribution in [3.8, 4) is 11.5 Å². The van der Waals surface area contributed by atoms with Gasteiger partial charge in [0.15, 0.2) is 11.5 Å². The molecule has 0 spiro atoms. The van der Waals surface area contributed by atoms with Gasteiger partial charge in [-0.1, -0.05) is 11.6 Å². The minimum absolute atomic E-state index is 0.0115. The van der Waals surface area contributed by atoms with Gasteiger partial charge in [-0.25, -0.2) is 4.98 Å². The van der Waals surface area contributed by atoms with Crippen molar-refractivity contribution >= 4 is 44.7 Å². The fraction of sp³-hybridized carbons (Fsp3) is 0.391. The van der Waals surface area contributed by atoms with Crippen LogP contribution >= 0.6 is 22.9 Å². The number of aromatic nitrogens is 1. The molecule has 31 heavy (non-hydrogen) atoms. The third kappa shape index (κ3) is 4.79. The Morgan fingerprint density at radius 2 is 1.94 bits per heavy atom. The third-order valence-electron chi connectivity index (χ3n) is 5.70. The summed E-state index contributed by atoms with van der Waals surface area (Å²) in [4.78, 5) is 19.6. The zero-order valence-corrected chi connectivity index (χ0v) is 18.7. The van der Waals surface area contributed by atoms with Gasteiger partial charge in [0.2, 0.25) is 5.91 Å². The number of anilines is 1. The van der Waals surface area contributed by atoms with Gasteiger partial charge in [0.25, 0.3) is 0 Å². The Hall–Kier alpha value is -2.35. The van der Waals surface area contributed by atoms with Gasteiger partial charge in [0.05, 0.1) is 35.0 Å². The molecular formula is C23H24ClN3O3S. The summed E-state index contributed by atoms with van der Waals surface area (Å²) in [5.41, 5.74) is 1.71. The number of benzene rings is 2. The van der Waals surface area contributed by atoms with Gasteiger partial charge >= 0.3 is 0 Å². The monoisotopic (exact) mass is 457 g/mol. The summed E-state index contributed by atoms with van der Waals surface area (Å²) in [5.74, 6) is 1.85. The largest absolute Gasteiger partial charge is 0.490 e. The molecule has 2 aliphatic heterocycles. The number of likely N-dealkylation sites (tertiary alicyclic amines) is 1. The normalized spacial score (nSPS) is 17.5. The van der Waals surface area contributed by atoms with E-state index in [1.54, 1.807) is 11.3 Å². The highest BCUT2D eigenvalue weighted by atomic mass is 35.5. The van der Waals surface area contributed by atoms with E-state index in [0.717, 1.165) is 54.3 Å². The molecule has 1 fully saturated rings. The Balaban J connectivity index is 1.15. The van der Waals surface area contributed by atoms with Crippen molar-refractivity contribution in [1.82, 2.24) is 9.88 Å². The molecule has 2 aromatic carbocycles. The van der Waals surface area contributed by atoms with Crippen LogP contribution in [-0.2, 0) is 4.79 Å². The Kier molecular flexibility index (Phi) is 5.98. The fourth-order valence-corrected chi connectivity index (χ4v) is 5.36. The molecule has 6 nitrogen and oxygen atoms in total. The van der Waals surface area contributed by atoms with Gasteiger partial charge in [-0.15, -0.1) is 11.3 Å². The molecule has 0 bridgehead atoms. The van der Waals surface area contributed by atoms with Crippen molar-refractivity contribution in [2.45, 2.75) is 25.2 Å². The highest BCUT2D eigenvalue weighted by Gasteiger charge is 2.24. The number of carbonyl (C=O) groups excluding carboxylic acids is 1. The molecule has 3 aromatic rings. The average Bonchev–Trinajstić information content (AvgIpc) is 3.04. The number of hydrogen-bond donors (Lipinski definition) is 1. The summed E-state index contributed by atoms with van der Waals surface area (Å²) >= 11 is 7.84. The highest BCUT2D eigenvalue weighted by molar-refractivity contribution is 7.18. The van der Waals surface area contributed by atoms with Gasteiger partial charge in [-0.3, -0.25) is 9.69 Å². The fourth-order valence-electron chi connectivity index (χ4n) is 4.08. The topological polar surface area (TPSA) is 63.7 Å². The van der Waals surface area contributed by atoms with Crippen LogP contribution in [0, 0.1) is 0 Å². The van der Waals surface area contributed by atoms with Crippen molar-refractivity contribution in [1.29, 1.82) is 0 Å². The van der Waals surface area contributed by atoms with E-state index in [4.69, 9.17) is 26.1 Å². The second-order valence-electron chi connectivity index (χ2n) is 7.97. The molecule has 0 saturated carbocycles. The second-order valence-corrected chi connectivity index (χ2v) is 9.47. The summed E-state index contributed by atoms with van der Waals surface area (Å²) in [5, 5.41) is 4.88. The Morgan fingerprint density at radius 1 is 1.13 bits per heavy atom. The molecule has 162 valence electrons. The van der Waals surface area contributed by atoms with Crippen molar-refractivity contribution in [2.75, 3.05) is 38.2 Å². The molecule has 8 heteroatoms. The number of nitrogens with zero attached hydrogens (tertiary/aromatic N) is 2. The number of amides is 1. The van der Waals surface area contributed by atoms with Crippen LogP contribution in [0.25, 0.3) is 10.2 Å². The minimum atomic E-state index is -0.0115. The number of halogens is 1. The number of rotatable bonds is 4. The smallest absolute Gasteiger partial charge is 0.238 e. The lowest BCUT2D eigenvalue weighted by Crippen LogP contribution is -2.38. The maximum atomic E-state index is 12.6. The predicted molar refractivity (Wildman–Crippen MR) is 124 cm³/mol. The van der Waals surface area contributed by atoms with E-state index in [2.05, 4.69) is 10.2 Å². The highest BCUT2D eigenvalue weighted by Crippen LogP contribution is 2.35. The van der Waals surface area contributed by atoms with Crippen LogP contribution in [0.5, 0.6) is 11.5 Å². The lowest BCUT2D eigenvalue weighted by atomic mass is 9.97. The van der Waals surface area contributed by atoms with Gasteiger partial charge in [-0.05, 0) is 56.3 Å². The number of nitrogens with one attached hydrogen (secondary N) is 1. The number of carbonyl (C=O) groups is 1. The lowest BCUT2D eigenvalue weighted by Gasteiger charge is -2.30. The Morgan fingerprint density at radius 3 is 2.77 bits per heavy atom. The zero-order chi connectivity index (χ0) is 21.2. The molecule has 5 rings (SSSR count). The number of thiazole rings is 1. The molecule has 1 aromatic heterocycles.